The highest BCUT2D eigenvalue weighted by molar-refractivity contribution is 5.37. The number of nitriles is 1. The van der Waals surface area contributed by atoms with E-state index >= 15 is 0 Å². The van der Waals surface area contributed by atoms with Crippen molar-refractivity contribution < 1.29 is 4.74 Å². The number of aryl methyl sites for hydroxylation is 1. The van der Waals surface area contributed by atoms with Gasteiger partial charge in [-0.25, -0.2) is 0 Å². The number of benzene rings is 1. The van der Waals surface area contributed by atoms with E-state index in [0.717, 1.165) is 11.1 Å². The molecular weight excluding hydrogens is 198 g/mol. The van der Waals surface area contributed by atoms with E-state index in [1.54, 1.807) is 0 Å². The summed E-state index contributed by atoms with van der Waals surface area (Å²) < 4.78 is 5.86. The molecule has 0 bridgehead atoms. The molecule has 2 nitrogen and oxygen atoms in total. The lowest BCUT2D eigenvalue weighted by Gasteiger charge is -2.12. The Bertz CT molecular complexity index is 400. The first-order chi connectivity index (χ1) is 7.79. The molecule has 1 aromatic rings. The SMILES string of the molecule is Cc1cc(C#N)ccc1COC1CCCC1. The first-order valence-electron chi connectivity index (χ1n) is 5.91. The van der Waals surface area contributed by atoms with E-state index in [-0.39, 0.29) is 0 Å². The summed E-state index contributed by atoms with van der Waals surface area (Å²) in [4.78, 5) is 0. The van der Waals surface area contributed by atoms with Gasteiger partial charge in [0.05, 0.1) is 24.3 Å². The summed E-state index contributed by atoms with van der Waals surface area (Å²) in [6.07, 6.45) is 5.47. The molecule has 1 fully saturated rings. The van der Waals surface area contributed by atoms with Crippen molar-refractivity contribution in [3.05, 3.63) is 34.9 Å². The highest BCUT2D eigenvalue weighted by Crippen LogP contribution is 2.22. The molecule has 1 aromatic carbocycles. The molecule has 0 heterocycles. The van der Waals surface area contributed by atoms with Crippen molar-refractivity contribution in [2.45, 2.75) is 45.3 Å². The second-order valence-corrected chi connectivity index (χ2v) is 4.47. The third kappa shape index (κ3) is 2.62. The fraction of sp³-hybridized carbons (Fsp3) is 0.500. The highest BCUT2D eigenvalue weighted by atomic mass is 16.5. The summed E-state index contributed by atoms with van der Waals surface area (Å²) in [6.45, 7) is 2.72. The highest BCUT2D eigenvalue weighted by Gasteiger charge is 2.15. The summed E-state index contributed by atoms with van der Waals surface area (Å²) in [6, 6.07) is 7.94. The van der Waals surface area contributed by atoms with Crippen molar-refractivity contribution in [3.63, 3.8) is 0 Å². The van der Waals surface area contributed by atoms with Crippen LogP contribution in [-0.4, -0.2) is 6.10 Å². The average molecular weight is 215 g/mol. The van der Waals surface area contributed by atoms with Gasteiger partial charge in [0.25, 0.3) is 0 Å². The van der Waals surface area contributed by atoms with Crippen molar-refractivity contribution in [1.29, 1.82) is 5.26 Å². The van der Waals surface area contributed by atoms with Gasteiger partial charge in [0.2, 0.25) is 0 Å². The smallest absolute Gasteiger partial charge is 0.0991 e. The minimum absolute atomic E-state index is 0.454. The second kappa shape index (κ2) is 5.14. The predicted octanol–water partition coefficient (Wildman–Crippen LogP) is 3.33. The van der Waals surface area contributed by atoms with Gasteiger partial charge in [-0.1, -0.05) is 18.9 Å². The second-order valence-electron chi connectivity index (χ2n) is 4.47. The maximum Gasteiger partial charge on any atom is 0.0991 e. The Kier molecular flexibility index (Phi) is 3.58. The lowest BCUT2D eigenvalue weighted by atomic mass is 10.1. The van der Waals surface area contributed by atoms with E-state index in [1.807, 2.05) is 25.1 Å². The van der Waals surface area contributed by atoms with Crippen LogP contribution in [0.3, 0.4) is 0 Å². The lowest BCUT2D eigenvalue weighted by molar-refractivity contribution is 0.0454. The van der Waals surface area contributed by atoms with Gasteiger partial charge in [-0.05, 0) is 43.0 Å². The maximum absolute atomic E-state index is 8.77. The molecule has 0 atom stereocenters. The van der Waals surface area contributed by atoms with Crippen molar-refractivity contribution in [2.24, 2.45) is 0 Å². The van der Waals surface area contributed by atoms with E-state index in [2.05, 4.69) is 6.07 Å². The zero-order valence-corrected chi connectivity index (χ0v) is 9.70. The Morgan fingerprint density at radius 2 is 2.12 bits per heavy atom. The van der Waals surface area contributed by atoms with Crippen LogP contribution in [0.15, 0.2) is 18.2 Å². The van der Waals surface area contributed by atoms with E-state index in [0.29, 0.717) is 12.7 Å². The summed E-state index contributed by atoms with van der Waals surface area (Å²) >= 11 is 0. The molecule has 0 amide bonds. The quantitative estimate of drug-likeness (QED) is 0.774. The van der Waals surface area contributed by atoms with Gasteiger partial charge in [-0.2, -0.15) is 5.26 Å². The zero-order valence-electron chi connectivity index (χ0n) is 9.70. The summed E-state index contributed by atoms with van der Waals surface area (Å²) in [5.41, 5.74) is 3.07. The molecule has 0 aliphatic heterocycles. The van der Waals surface area contributed by atoms with Gasteiger partial charge >= 0.3 is 0 Å². The van der Waals surface area contributed by atoms with Crippen molar-refractivity contribution >= 4 is 0 Å². The Morgan fingerprint density at radius 1 is 1.38 bits per heavy atom. The molecule has 0 aromatic heterocycles. The predicted molar refractivity (Wildman–Crippen MR) is 62.9 cm³/mol. The van der Waals surface area contributed by atoms with Crippen LogP contribution in [0.1, 0.15) is 42.4 Å². The Hall–Kier alpha value is -1.33. The monoisotopic (exact) mass is 215 g/mol. The van der Waals surface area contributed by atoms with Crippen molar-refractivity contribution in [2.75, 3.05) is 0 Å². The van der Waals surface area contributed by atoms with Gasteiger partial charge in [0.1, 0.15) is 0 Å². The van der Waals surface area contributed by atoms with E-state index < -0.39 is 0 Å². The topological polar surface area (TPSA) is 33.0 Å². The molecule has 0 N–H and O–H groups in total. The average Bonchev–Trinajstić information content (AvgIpc) is 2.80. The molecule has 0 unspecified atom stereocenters. The summed E-state index contributed by atoms with van der Waals surface area (Å²) in [5, 5.41) is 8.77. The Labute approximate surface area is 96.9 Å². The normalized spacial score (nSPS) is 16.2. The third-order valence-electron chi connectivity index (χ3n) is 3.25. The van der Waals surface area contributed by atoms with Crippen LogP contribution in [0.2, 0.25) is 0 Å². The summed E-state index contributed by atoms with van der Waals surface area (Å²) in [7, 11) is 0. The van der Waals surface area contributed by atoms with E-state index in [4.69, 9.17) is 10.00 Å². The van der Waals surface area contributed by atoms with E-state index in [9.17, 15) is 0 Å². The summed E-state index contributed by atoms with van der Waals surface area (Å²) in [5.74, 6) is 0. The fourth-order valence-corrected chi connectivity index (χ4v) is 2.19. The van der Waals surface area contributed by atoms with E-state index in [1.165, 1.54) is 31.2 Å². The van der Waals surface area contributed by atoms with Crippen LogP contribution >= 0.6 is 0 Å². The molecule has 2 heteroatoms. The van der Waals surface area contributed by atoms with Gasteiger partial charge in [0.15, 0.2) is 0 Å². The standard InChI is InChI=1S/C14H17NO/c1-11-8-12(9-15)6-7-13(11)10-16-14-4-2-3-5-14/h6-8,14H,2-5,10H2,1H3. The lowest BCUT2D eigenvalue weighted by Crippen LogP contribution is -2.07. The number of hydrogen-bond donors (Lipinski definition) is 0. The minimum atomic E-state index is 0.454. The van der Waals surface area contributed by atoms with Crippen molar-refractivity contribution in [3.8, 4) is 6.07 Å². The number of rotatable bonds is 3. The molecule has 0 spiro atoms. The Morgan fingerprint density at radius 3 is 2.75 bits per heavy atom. The van der Waals surface area contributed by atoms with Crippen LogP contribution in [0.25, 0.3) is 0 Å². The van der Waals surface area contributed by atoms with Gasteiger partial charge in [0, 0.05) is 0 Å². The third-order valence-corrected chi connectivity index (χ3v) is 3.25. The number of ether oxygens (including phenoxy) is 1. The molecule has 0 radical (unpaired) electrons. The van der Waals surface area contributed by atoms with Crippen molar-refractivity contribution in [1.82, 2.24) is 0 Å². The maximum atomic E-state index is 8.77. The molecule has 2 rings (SSSR count). The first-order valence-corrected chi connectivity index (χ1v) is 5.91. The van der Waals surface area contributed by atoms with Crippen LogP contribution in [0.4, 0.5) is 0 Å². The fourth-order valence-electron chi connectivity index (χ4n) is 2.19. The molecule has 0 saturated heterocycles. The van der Waals surface area contributed by atoms with Crippen LogP contribution in [0, 0.1) is 18.3 Å². The minimum Gasteiger partial charge on any atom is -0.374 e. The molecule has 16 heavy (non-hydrogen) atoms. The largest absolute Gasteiger partial charge is 0.374 e. The van der Waals surface area contributed by atoms with Crippen LogP contribution < -0.4 is 0 Å². The molecule has 1 aliphatic rings. The van der Waals surface area contributed by atoms with Gasteiger partial charge in [-0.15, -0.1) is 0 Å². The van der Waals surface area contributed by atoms with Gasteiger partial charge < -0.3 is 4.74 Å². The number of hydrogen-bond acceptors (Lipinski definition) is 2. The molecule has 1 saturated carbocycles. The molecule has 84 valence electrons. The Balaban J connectivity index is 1.96. The molecule has 1 aliphatic carbocycles. The molecular formula is C14H17NO. The van der Waals surface area contributed by atoms with Gasteiger partial charge in [-0.3, -0.25) is 0 Å². The first kappa shape index (κ1) is 11.2. The number of nitrogens with zero attached hydrogens (tertiary/aromatic N) is 1. The zero-order chi connectivity index (χ0) is 11.4. The van der Waals surface area contributed by atoms with Crippen LogP contribution in [-0.2, 0) is 11.3 Å². The van der Waals surface area contributed by atoms with Crippen LogP contribution in [0.5, 0.6) is 0 Å².